The highest BCUT2D eigenvalue weighted by Crippen LogP contribution is 1.92. The molecule has 0 nitrogen and oxygen atoms in total. The Morgan fingerprint density at radius 2 is 0.952 bits per heavy atom. The maximum atomic E-state index is 2.36. The summed E-state index contributed by atoms with van der Waals surface area (Å²) in [5.41, 5.74) is 0. The number of benzene rings is 3. The Balaban J connectivity index is 1.83. The summed E-state index contributed by atoms with van der Waals surface area (Å²) in [5, 5.41) is 4.92. The second kappa shape index (κ2) is 7.36. The summed E-state index contributed by atoms with van der Waals surface area (Å²) in [5.74, 6) is 0. The molecule has 0 aliphatic rings. The summed E-state index contributed by atoms with van der Waals surface area (Å²) in [7, 11) is -0.957. The van der Waals surface area contributed by atoms with Crippen molar-refractivity contribution in [2.75, 3.05) is 0 Å². The molecule has 0 spiro atoms. The van der Waals surface area contributed by atoms with Crippen molar-refractivity contribution in [3.8, 4) is 0 Å². The van der Waals surface area contributed by atoms with Crippen LogP contribution in [0.1, 0.15) is 0 Å². The van der Waals surface area contributed by atoms with Crippen molar-refractivity contribution in [2.45, 2.75) is 0 Å². The first-order valence-corrected chi connectivity index (χ1v) is 16.7. The van der Waals surface area contributed by atoms with Gasteiger partial charge in [0.05, 0.1) is 8.31 Å². The molecule has 0 unspecified atom stereocenters. The van der Waals surface area contributed by atoms with Gasteiger partial charge in [-0.1, -0.05) is 107 Å². The number of hydrogen-bond acceptors (Lipinski definition) is 0. The second-order valence-corrected chi connectivity index (χ2v) is 20.6. The molecule has 0 radical (unpaired) electrons. The molecule has 0 aliphatic heterocycles. The third-order valence-electron chi connectivity index (χ3n) is 3.97. The molecule has 0 saturated heterocycles. The summed E-state index contributed by atoms with van der Waals surface area (Å²) >= 11 is 0. The van der Waals surface area contributed by atoms with Gasteiger partial charge in [0.2, 0.25) is 0 Å². The van der Waals surface area contributed by atoms with E-state index in [1.54, 1.807) is 15.6 Å². The molecule has 0 aromatic heterocycles. The molecule has 0 atom stereocenters. The molecule has 104 valence electrons. The minimum Gasteiger partial charge on any atom is -0.0704 e. The van der Waals surface area contributed by atoms with E-state index in [-0.39, 0.29) is 17.6 Å². The van der Waals surface area contributed by atoms with Crippen LogP contribution in [0.15, 0.2) is 91.0 Å². The van der Waals surface area contributed by atoms with Gasteiger partial charge in [-0.25, -0.2) is 0 Å². The molecular weight excluding hydrogens is 300 g/mol. The topological polar surface area (TPSA) is 0 Å². The lowest BCUT2D eigenvalue weighted by Crippen LogP contribution is -2.51. The Morgan fingerprint density at radius 1 is 0.524 bits per heavy atom. The van der Waals surface area contributed by atoms with Gasteiger partial charge in [0.15, 0.2) is 0 Å². The predicted molar refractivity (Wildman–Crippen MR) is 102 cm³/mol. The van der Waals surface area contributed by atoms with Crippen LogP contribution >= 0.6 is 0 Å². The summed E-state index contributed by atoms with van der Waals surface area (Å²) in [4.78, 5) is 0. The van der Waals surface area contributed by atoms with Crippen LogP contribution in [0.5, 0.6) is 0 Å². The number of hydrogen-bond donors (Lipinski definition) is 0. The van der Waals surface area contributed by atoms with Crippen molar-refractivity contribution in [1.82, 2.24) is 0 Å². The minimum atomic E-state index is -0.920. The quantitative estimate of drug-likeness (QED) is 0.585. The van der Waals surface area contributed by atoms with Crippen LogP contribution in [0.4, 0.5) is 0 Å². The smallest absolute Gasteiger partial charge is 0.0704 e. The Hall–Kier alpha value is -1.69. The highest BCUT2D eigenvalue weighted by molar-refractivity contribution is 7.45. The van der Waals surface area contributed by atoms with Crippen LogP contribution in [0, 0.1) is 0 Å². The standard InChI is InChI=1S/C18H20Si3/c1-4-10-16(11-5-1)19-20-21(17-12-6-2-7-13-17)18-14-8-3-9-15-18/h1-15,21H,19-20H2. The Labute approximate surface area is 132 Å². The largest absolute Gasteiger partial charge is 0.0864 e. The maximum Gasteiger partial charge on any atom is 0.0864 e. The van der Waals surface area contributed by atoms with Crippen LogP contribution in [0.25, 0.3) is 0 Å². The summed E-state index contributed by atoms with van der Waals surface area (Å²) < 4.78 is 0. The molecule has 3 aromatic carbocycles. The van der Waals surface area contributed by atoms with E-state index in [2.05, 4.69) is 91.0 Å². The first-order chi connectivity index (χ1) is 10.4. The summed E-state index contributed by atoms with van der Waals surface area (Å²) in [6.07, 6.45) is 0. The second-order valence-electron chi connectivity index (χ2n) is 5.40. The van der Waals surface area contributed by atoms with Crippen LogP contribution < -0.4 is 15.6 Å². The van der Waals surface area contributed by atoms with Gasteiger partial charge < -0.3 is 0 Å². The lowest BCUT2D eigenvalue weighted by atomic mass is 10.4. The van der Waals surface area contributed by atoms with Gasteiger partial charge in [-0.2, -0.15) is 0 Å². The third-order valence-corrected chi connectivity index (χ3v) is 23.2. The Kier molecular flexibility index (Phi) is 4.99. The molecule has 0 heterocycles. The van der Waals surface area contributed by atoms with Crippen LogP contribution in [0.2, 0.25) is 0 Å². The SMILES string of the molecule is c1ccc([SiH2][SiH2][SiH](c2ccccc2)c2ccccc2)cc1. The van der Waals surface area contributed by atoms with Crippen molar-refractivity contribution < 1.29 is 0 Å². The fraction of sp³-hybridized carbons (Fsp3) is 0. The predicted octanol–water partition coefficient (Wildman–Crippen LogP) is 0.103. The van der Waals surface area contributed by atoms with E-state index in [0.29, 0.717) is 0 Å². The fourth-order valence-corrected chi connectivity index (χ4v) is 24.6. The van der Waals surface area contributed by atoms with Gasteiger partial charge in [-0.3, -0.25) is 0 Å². The van der Waals surface area contributed by atoms with Gasteiger partial charge in [0, 0.05) is 17.6 Å². The molecular formula is C18H20Si3. The lowest BCUT2D eigenvalue weighted by Gasteiger charge is -2.16. The van der Waals surface area contributed by atoms with E-state index in [4.69, 9.17) is 0 Å². The molecule has 21 heavy (non-hydrogen) atoms. The van der Waals surface area contributed by atoms with Crippen molar-refractivity contribution in [3.63, 3.8) is 0 Å². The van der Waals surface area contributed by atoms with Crippen molar-refractivity contribution in [3.05, 3.63) is 91.0 Å². The Bertz CT molecular complexity index is 614. The van der Waals surface area contributed by atoms with Crippen molar-refractivity contribution in [1.29, 1.82) is 0 Å². The molecule has 0 N–H and O–H groups in total. The molecule has 3 aromatic rings. The Morgan fingerprint density at radius 3 is 1.43 bits per heavy atom. The fourth-order valence-electron chi connectivity index (χ4n) is 2.85. The van der Waals surface area contributed by atoms with Gasteiger partial charge in [-0.05, 0) is 0 Å². The van der Waals surface area contributed by atoms with Gasteiger partial charge >= 0.3 is 0 Å². The lowest BCUT2D eigenvalue weighted by molar-refractivity contribution is 1.74. The molecule has 3 rings (SSSR count). The van der Waals surface area contributed by atoms with E-state index in [1.165, 1.54) is 0 Å². The van der Waals surface area contributed by atoms with Gasteiger partial charge in [0.1, 0.15) is 0 Å². The number of rotatable bonds is 5. The average Bonchev–Trinajstić information content (AvgIpc) is 2.58. The van der Waals surface area contributed by atoms with Crippen LogP contribution in [-0.4, -0.2) is 25.9 Å². The zero-order valence-corrected chi connectivity index (χ0v) is 16.1. The average molecular weight is 321 g/mol. The molecule has 0 saturated carbocycles. The third kappa shape index (κ3) is 3.91. The molecule has 0 aliphatic carbocycles. The van der Waals surface area contributed by atoms with Crippen LogP contribution in [0.3, 0.4) is 0 Å². The van der Waals surface area contributed by atoms with Crippen molar-refractivity contribution >= 4 is 41.5 Å². The van der Waals surface area contributed by atoms with E-state index in [9.17, 15) is 0 Å². The van der Waals surface area contributed by atoms with E-state index < -0.39 is 8.31 Å². The zero-order valence-electron chi connectivity index (χ0n) is 12.2. The maximum absolute atomic E-state index is 2.36. The molecule has 0 amide bonds. The van der Waals surface area contributed by atoms with Crippen molar-refractivity contribution in [2.24, 2.45) is 0 Å². The molecule has 0 bridgehead atoms. The van der Waals surface area contributed by atoms with E-state index >= 15 is 0 Å². The molecule has 3 heteroatoms. The highest BCUT2D eigenvalue weighted by atomic mass is 29.5. The molecule has 0 fully saturated rings. The summed E-state index contributed by atoms with van der Waals surface area (Å²) in [6, 6.07) is 33.7. The van der Waals surface area contributed by atoms with E-state index in [0.717, 1.165) is 0 Å². The van der Waals surface area contributed by atoms with Gasteiger partial charge in [-0.15, -0.1) is 0 Å². The van der Waals surface area contributed by atoms with Crippen LogP contribution in [-0.2, 0) is 0 Å². The minimum absolute atomic E-state index is 0.00824. The normalized spacial score (nSPS) is 11.9. The monoisotopic (exact) mass is 320 g/mol. The first kappa shape index (κ1) is 14.3. The zero-order chi connectivity index (χ0) is 14.3. The highest BCUT2D eigenvalue weighted by Gasteiger charge is 2.16. The van der Waals surface area contributed by atoms with E-state index in [1.807, 2.05) is 0 Å². The first-order valence-electron chi connectivity index (χ1n) is 7.57. The summed E-state index contributed by atoms with van der Waals surface area (Å²) in [6.45, 7) is 0. The van der Waals surface area contributed by atoms with Gasteiger partial charge in [0.25, 0.3) is 0 Å².